The molecule has 0 aromatic heterocycles. The molecule has 5 nitrogen and oxygen atoms in total. The van der Waals surface area contributed by atoms with Crippen molar-refractivity contribution < 1.29 is 14.3 Å². The highest BCUT2D eigenvalue weighted by molar-refractivity contribution is 6.32. The fourth-order valence-electron chi connectivity index (χ4n) is 2.45. The zero-order valence-electron chi connectivity index (χ0n) is 12.4. The first-order valence-corrected chi connectivity index (χ1v) is 7.49. The number of methoxy groups -OCH3 is 1. The number of carbonyl (C=O) groups excluding carboxylic acids is 1. The van der Waals surface area contributed by atoms with Crippen molar-refractivity contribution in [1.82, 2.24) is 5.32 Å². The highest BCUT2D eigenvalue weighted by atomic mass is 35.5. The van der Waals surface area contributed by atoms with Crippen LogP contribution in [0.25, 0.3) is 0 Å². The quantitative estimate of drug-likeness (QED) is 0.877. The van der Waals surface area contributed by atoms with Crippen LogP contribution in [0.2, 0.25) is 5.02 Å². The topological polar surface area (TPSA) is 59.6 Å². The first-order valence-electron chi connectivity index (χ1n) is 7.11. The summed E-state index contributed by atoms with van der Waals surface area (Å²) in [6.45, 7) is 3.98. The smallest absolute Gasteiger partial charge is 0.256 e. The van der Waals surface area contributed by atoms with Crippen LogP contribution in [0.3, 0.4) is 0 Å². The lowest BCUT2D eigenvalue weighted by Crippen LogP contribution is -2.51. The van der Waals surface area contributed by atoms with Gasteiger partial charge in [0.15, 0.2) is 0 Å². The molecule has 116 valence electrons. The maximum absolute atomic E-state index is 12.5. The Kier molecular flexibility index (Phi) is 5.45. The van der Waals surface area contributed by atoms with E-state index in [0.717, 1.165) is 13.1 Å². The minimum absolute atomic E-state index is 0.133. The second-order valence-corrected chi connectivity index (χ2v) is 5.39. The van der Waals surface area contributed by atoms with E-state index < -0.39 is 5.60 Å². The van der Waals surface area contributed by atoms with Gasteiger partial charge in [0.25, 0.3) is 5.91 Å². The van der Waals surface area contributed by atoms with Gasteiger partial charge in [0.2, 0.25) is 0 Å². The lowest BCUT2D eigenvalue weighted by molar-refractivity contribution is -0.140. The Hall–Kier alpha value is -1.30. The van der Waals surface area contributed by atoms with Crippen molar-refractivity contribution in [1.29, 1.82) is 0 Å². The molecule has 2 rings (SSSR count). The Bertz CT molecular complexity index is 502. The van der Waals surface area contributed by atoms with Gasteiger partial charge in [-0.15, -0.1) is 0 Å². The van der Waals surface area contributed by atoms with Gasteiger partial charge >= 0.3 is 0 Å². The van der Waals surface area contributed by atoms with Gasteiger partial charge in [-0.1, -0.05) is 11.6 Å². The van der Waals surface area contributed by atoms with Gasteiger partial charge in [-0.3, -0.25) is 4.79 Å². The maximum atomic E-state index is 12.5. The molecule has 0 bridgehead atoms. The maximum Gasteiger partial charge on any atom is 0.256 e. The molecular formula is C15H21ClN2O3. The predicted molar refractivity (Wildman–Crippen MR) is 83.1 cm³/mol. The van der Waals surface area contributed by atoms with E-state index in [9.17, 15) is 4.79 Å². The number of benzene rings is 1. The molecule has 6 heteroatoms. The highest BCUT2D eigenvalue weighted by Crippen LogP contribution is 2.29. The van der Waals surface area contributed by atoms with Gasteiger partial charge in [0.1, 0.15) is 11.4 Å². The number of piperidine rings is 1. The molecule has 2 N–H and O–H groups in total. The normalized spacial score (nSPS) is 17.3. The summed E-state index contributed by atoms with van der Waals surface area (Å²) in [6, 6.07) is 5.22. The molecule has 0 atom stereocenters. The lowest BCUT2D eigenvalue weighted by atomic mass is 9.91. The molecule has 0 radical (unpaired) electrons. The molecule has 0 spiro atoms. The standard InChI is InChI=1S/C15H21ClN2O3/c1-3-21-13-5-4-11(10-12(13)16)18-14(19)15(20-2)6-8-17-9-7-15/h4-5,10,17H,3,6-9H2,1-2H3,(H,18,19). The van der Waals surface area contributed by atoms with Gasteiger partial charge in [-0.2, -0.15) is 0 Å². The third-order valence-corrected chi connectivity index (χ3v) is 4.00. The zero-order valence-corrected chi connectivity index (χ0v) is 13.1. The summed E-state index contributed by atoms with van der Waals surface area (Å²) in [5.41, 5.74) is -0.125. The molecule has 0 unspecified atom stereocenters. The average Bonchev–Trinajstić information content (AvgIpc) is 2.50. The van der Waals surface area contributed by atoms with E-state index in [1.165, 1.54) is 0 Å². The molecular weight excluding hydrogens is 292 g/mol. The number of halogens is 1. The van der Waals surface area contributed by atoms with E-state index in [1.54, 1.807) is 25.3 Å². The summed E-state index contributed by atoms with van der Waals surface area (Å²) in [5, 5.41) is 6.59. The van der Waals surface area contributed by atoms with Crippen LogP contribution in [-0.2, 0) is 9.53 Å². The highest BCUT2D eigenvalue weighted by Gasteiger charge is 2.39. The number of ether oxygens (including phenoxy) is 2. The Morgan fingerprint density at radius 3 is 2.71 bits per heavy atom. The molecule has 1 aliphatic rings. The number of hydrogen-bond acceptors (Lipinski definition) is 4. The lowest BCUT2D eigenvalue weighted by Gasteiger charge is -2.34. The van der Waals surface area contributed by atoms with Crippen molar-refractivity contribution in [2.45, 2.75) is 25.4 Å². The molecule has 1 saturated heterocycles. The van der Waals surface area contributed by atoms with E-state index in [4.69, 9.17) is 21.1 Å². The van der Waals surface area contributed by atoms with Gasteiger partial charge in [-0.25, -0.2) is 0 Å². The molecule has 1 amide bonds. The summed E-state index contributed by atoms with van der Waals surface area (Å²) in [7, 11) is 1.58. The van der Waals surface area contributed by atoms with Crippen LogP contribution >= 0.6 is 11.6 Å². The first kappa shape index (κ1) is 16.1. The molecule has 21 heavy (non-hydrogen) atoms. The Labute approximate surface area is 130 Å². The van der Waals surface area contributed by atoms with Crippen LogP contribution in [0.1, 0.15) is 19.8 Å². The van der Waals surface area contributed by atoms with Gasteiger partial charge in [0.05, 0.1) is 11.6 Å². The third-order valence-electron chi connectivity index (χ3n) is 3.71. The number of hydrogen-bond donors (Lipinski definition) is 2. The fraction of sp³-hybridized carbons (Fsp3) is 0.533. The largest absolute Gasteiger partial charge is 0.492 e. The van der Waals surface area contributed by atoms with Crippen LogP contribution in [-0.4, -0.2) is 38.3 Å². The molecule has 0 saturated carbocycles. The summed E-state index contributed by atoms with van der Waals surface area (Å²) in [5.74, 6) is 0.479. The number of rotatable bonds is 5. The van der Waals surface area contributed by atoms with Crippen molar-refractivity contribution in [3.63, 3.8) is 0 Å². The number of nitrogens with one attached hydrogen (secondary N) is 2. The fourth-order valence-corrected chi connectivity index (χ4v) is 2.69. The Balaban J connectivity index is 2.09. The van der Waals surface area contributed by atoms with E-state index in [1.807, 2.05) is 6.92 Å². The minimum Gasteiger partial charge on any atom is -0.492 e. The van der Waals surface area contributed by atoms with Gasteiger partial charge in [-0.05, 0) is 51.1 Å². The van der Waals surface area contributed by atoms with Crippen LogP contribution in [0.4, 0.5) is 5.69 Å². The van der Waals surface area contributed by atoms with Crippen LogP contribution < -0.4 is 15.4 Å². The minimum atomic E-state index is -0.768. The molecule has 1 aliphatic heterocycles. The summed E-state index contributed by atoms with van der Waals surface area (Å²) in [4.78, 5) is 12.5. The van der Waals surface area contributed by atoms with Crippen molar-refractivity contribution >= 4 is 23.2 Å². The molecule has 1 fully saturated rings. The van der Waals surface area contributed by atoms with Crippen LogP contribution in [0.15, 0.2) is 18.2 Å². The van der Waals surface area contributed by atoms with E-state index in [2.05, 4.69) is 10.6 Å². The number of amides is 1. The average molecular weight is 313 g/mol. The van der Waals surface area contributed by atoms with Gasteiger partial charge in [0, 0.05) is 12.8 Å². The van der Waals surface area contributed by atoms with E-state index in [-0.39, 0.29) is 5.91 Å². The summed E-state index contributed by atoms with van der Waals surface area (Å²) >= 11 is 6.13. The zero-order chi connectivity index (χ0) is 15.3. The first-order chi connectivity index (χ1) is 10.1. The molecule has 1 aromatic rings. The predicted octanol–water partition coefficient (Wildman–Crippen LogP) is 2.45. The summed E-state index contributed by atoms with van der Waals surface area (Å²) in [6.07, 6.45) is 1.31. The van der Waals surface area contributed by atoms with Crippen molar-refractivity contribution in [3.05, 3.63) is 23.2 Å². The SMILES string of the molecule is CCOc1ccc(NC(=O)C2(OC)CCNCC2)cc1Cl. The van der Waals surface area contributed by atoms with E-state index >= 15 is 0 Å². The Morgan fingerprint density at radius 1 is 1.43 bits per heavy atom. The molecule has 0 aliphatic carbocycles. The molecule has 1 aromatic carbocycles. The summed E-state index contributed by atoms with van der Waals surface area (Å²) < 4.78 is 10.9. The van der Waals surface area contributed by atoms with Crippen molar-refractivity contribution in [3.8, 4) is 5.75 Å². The van der Waals surface area contributed by atoms with Crippen molar-refractivity contribution in [2.75, 3.05) is 32.1 Å². The van der Waals surface area contributed by atoms with Crippen LogP contribution in [0.5, 0.6) is 5.75 Å². The Morgan fingerprint density at radius 2 is 2.14 bits per heavy atom. The molecule has 1 heterocycles. The second kappa shape index (κ2) is 7.11. The monoisotopic (exact) mass is 312 g/mol. The third kappa shape index (κ3) is 3.67. The van der Waals surface area contributed by atoms with Crippen LogP contribution in [0, 0.1) is 0 Å². The number of carbonyl (C=O) groups is 1. The number of anilines is 1. The second-order valence-electron chi connectivity index (χ2n) is 4.98. The van der Waals surface area contributed by atoms with Gasteiger partial charge < -0.3 is 20.1 Å². The van der Waals surface area contributed by atoms with E-state index in [0.29, 0.717) is 35.9 Å². The van der Waals surface area contributed by atoms with Crippen molar-refractivity contribution in [2.24, 2.45) is 0 Å².